The van der Waals surface area contributed by atoms with Crippen molar-refractivity contribution in [3.63, 3.8) is 0 Å². The second-order valence-electron chi connectivity index (χ2n) is 3.12. The quantitative estimate of drug-likeness (QED) is 0.796. The van der Waals surface area contributed by atoms with E-state index < -0.39 is 11.8 Å². The van der Waals surface area contributed by atoms with Crippen molar-refractivity contribution in [2.24, 2.45) is 0 Å². The van der Waals surface area contributed by atoms with Gasteiger partial charge in [-0.25, -0.2) is 9.18 Å². The number of nitrogens with zero attached hydrogens (tertiary/aromatic N) is 1. The highest BCUT2D eigenvalue weighted by molar-refractivity contribution is 9.10. The summed E-state index contributed by atoms with van der Waals surface area (Å²) in [4.78, 5) is 15.9. The van der Waals surface area contributed by atoms with Gasteiger partial charge in [0.05, 0.1) is 16.5 Å². The van der Waals surface area contributed by atoms with E-state index in [1.54, 1.807) is 24.5 Å². The average Bonchev–Trinajstić information content (AvgIpc) is 2.67. The highest BCUT2D eigenvalue weighted by Crippen LogP contribution is 2.39. The second kappa shape index (κ2) is 4.93. The molecule has 2 heterocycles. The third-order valence-corrected chi connectivity index (χ3v) is 4.29. The Balaban J connectivity index is 2.54. The van der Waals surface area contributed by atoms with Gasteiger partial charge in [0, 0.05) is 18.0 Å². The van der Waals surface area contributed by atoms with E-state index in [4.69, 9.17) is 0 Å². The molecule has 2 aromatic heterocycles. The number of ether oxygens (including phenoxy) is 1. The van der Waals surface area contributed by atoms with Crippen LogP contribution in [0.2, 0.25) is 0 Å². The molecule has 3 nitrogen and oxygen atoms in total. The number of thiophene rings is 1. The van der Waals surface area contributed by atoms with E-state index in [0.717, 1.165) is 16.9 Å². The number of rotatable bonds is 2. The van der Waals surface area contributed by atoms with Gasteiger partial charge in [0.25, 0.3) is 0 Å². The smallest absolute Gasteiger partial charge is 0.351 e. The largest absolute Gasteiger partial charge is 0.465 e. The molecule has 0 saturated carbocycles. The lowest BCUT2D eigenvalue weighted by atomic mass is 10.2. The molecule has 17 heavy (non-hydrogen) atoms. The predicted octanol–water partition coefficient (Wildman–Crippen LogP) is 3.50. The van der Waals surface area contributed by atoms with Crippen LogP contribution in [0.15, 0.2) is 29.0 Å². The van der Waals surface area contributed by atoms with Gasteiger partial charge in [-0.05, 0) is 22.0 Å². The lowest BCUT2D eigenvalue weighted by molar-refractivity contribution is 0.0601. The highest BCUT2D eigenvalue weighted by atomic mass is 79.9. The molecule has 0 atom stereocenters. The van der Waals surface area contributed by atoms with E-state index in [9.17, 15) is 9.18 Å². The Morgan fingerprint density at radius 1 is 1.59 bits per heavy atom. The molecule has 0 aliphatic rings. The van der Waals surface area contributed by atoms with Crippen LogP contribution >= 0.6 is 27.3 Å². The van der Waals surface area contributed by atoms with Gasteiger partial charge in [0.15, 0.2) is 5.82 Å². The Kier molecular flexibility index (Phi) is 3.54. The highest BCUT2D eigenvalue weighted by Gasteiger charge is 2.23. The standard InChI is InChI=1S/C11H7BrFNO2S/c1-16-11(15)10-8(13)7(12)9(17-10)6-3-2-4-14-5-6/h2-5H,1H3. The van der Waals surface area contributed by atoms with Crippen molar-refractivity contribution in [1.29, 1.82) is 0 Å². The SMILES string of the molecule is COC(=O)c1sc(-c2cccnc2)c(Br)c1F. The van der Waals surface area contributed by atoms with Crippen molar-refractivity contribution in [1.82, 2.24) is 4.98 Å². The van der Waals surface area contributed by atoms with Crippen LogP contribution in [0.3, 0.4) is 0 Å². The normalized spacial score (nSPS) is 10.3. The Morgan fingerprint density at radius 3 is 2.94 bits per heavy atom. The van der Waals surface area contributed by atoms with Crippen LogP contribution in [0.4, 0.5) is 4.39 Å². The Hall–Kier alpha value is -1.27. The summed E-state index contributed by atoms with van der Waals surface area (Å²) in [5.74, 6) is -1.27. The summed E-state index contributed by atoms with van der Waals surface area (Å²) in [7, 11) is 1.22. The van der Waals surface area contributed by atoms with E-state index >= 15 is 0 Å². The van der Waals surface area contributed by atoms with Crippen LogP contribution in [-0.2, 0) is 4.74 Å². The van der Waals surface area contributed by atoms with E-state index in [2.05, 4.69) is 25.7 Å². The molecule has 6 heteroatoms. The van der Waals surface area contributed by atoms with Crippen molar-refractivity contribution < 1.29 is 13.9 Å². The number of hydrogen-bond acceptors (Lipinski definition) is 4. The summed E-state index contributed by atoms with van der Waals surface area (Å²) < 4.78 is 18.6. The topological polar surface area (TPSA) is 39.2 Å². The van der Waals surface area contributed by atoms with Crippen molar-refractivity contribution in [3.8, 4) is 10.4 Å². The number of esters is 1. The predicted molar refractivity (Wildman–Crippen MR) is 66.5 cm³/mol. The average molecular weight is 316 g/mol. The molecule has 0 unspecified atom stereocenters. The summed E-state index contributed by atoms with van der Waals surface area (Å²) in [5.41, 5.74) is 0.749. The first-order valence-electron chi connectivity index (χ1n) is 4.61. The van der Waals surface area contributed by atoms with Gasteiger partial charge in [-0.15, -0.1) is 11.3 Å². The van der Waals surface area contributed by atoms with Gasteiger partial charge >= 0.3 is 5.97 Å². The minimum atomic E-state index is -0.677. The van der Waals surface area contributed by atoms with Gasteiger partial charge < -0.3 is 4.74 Å². The maximum Gasteiger partial charge on any atom is 0.351 e. The molecule has 2 rings (SSSR count). The first-order valence-corrected chi connectivity index (χ1v) is 6.22. The maximum absolute atomic E-state index is 13.8. The van der Waals surface area contributed by atoms with Crippen LogP contribution in [0, 0.1) is 5.82 Å². The van der Waals surface area contributed by atoms with Crippen LogP contribution in [0.5, 0.6) is 0 Å². The lowest BCUT2D eigenvalue weighted by Crippen LogP contribution is -2.00. The van der Waals surface area contributed by atoms with E-state index in [1.165, 1.54) is 7.11 Å². The molecule has 0 spiro atoms. The molecule has 0 aliphatic heterocycles. The van der Waals surface area contributed by atoms with E-state index in [0.29, 0.717) is 4.88 Å². The fraction of sp³-hybridized carbons (Fsp3) is 0.0909. The zero-order chi connectivity index (χ0) is 12.4. The Labute approximate surface area is 109 Å². The second-order valence-corrected chi connectivity index (χ2v) is 4.94. The van der Waals surface area contributed by atoms with Gasteiger partial charge in [0.1, 0.15) is 4.88 Å². The maximum atomic E-state index is 13.8. The molecule has 0 aliphatic carbocycles. The fourth-order valence-electron chi connectivity index (χ4n) is 1.30. The van der Waals surface area contributed by atoms with Crippen LogP contribution in [-0.4, -0.2) is 18.1 Å². The van der Waals surface area contributed by atoms with E-state index in [-0.39, 0.29) is 9.35 Å². The number of pyridine rings is 1. The summed E-state index contributed by atoms with van der Waals surface area (Å²) in [6.45, 7) is 0. The van der Waals surface area contributed by atoms with Crippen molar-refractivity contribution in [3.05, 3.63) is 39.7 Å². The molecular weight excluding hydrogens is 309 g/mol. The summed E-state index contributed by atoms with van der Waals surface area (Å²) in [5, 5.41) is 0. The first-order chi connectivity index (χ1) is 8.15. The van der Waals surface area contributed by atoms with E-state index in [1.807, 2.05) is 0 Å². The van der Waals surface area contributed by atoms with Crippen molar-refractivity contribution in [2.45, 2.75) is 0 Å². The number of carbonyl (C=O) groups excluding carboxylic acids is 1. The molecule has 0 bridgehead atoms. The molecule has 0 radical (unpaired) electrons. The Bertz CT molecular complexity index is 556. The van der Waals surface area contributed by atoms with Gasteiger partial charge in [-0.2, -0.15) is 0 Å². The zero-order valence-corrected chi connectivity index (χ0v) is 11.1. The van der Waals surface area contributed by atoms with Crippen LogP contribution in [0.1, 0.15) is 9.67 Å². The summed E-state index contributed by atoms with van der Waals surface area (Å²) >= 11 is 4.17. The molecule has 2 aromatic rings. The molecule has 0 fully saturated rings. The number of hydrogen-bond donors (Lipinski definition) is 0. The minimum absolute atomic E-state index is 0.0433. The summed E-state index contributed by atoms with van der Waals surface area (Å²) in [6.07, 6.45) is 3.24. The molecule has 0 N–H and O–H groups in total. The minimum Gasteiger partial charge on any atom is -0.465 e. The van der Waals surface area contributed by atoms with Gasteiger partial charge in [-0.3, -0.25) is 4.98 Å². The molecule has 0 aromatic carbocycles. The molecular formula is C11H7BrFNO2S. The number of halogens is 2. The zero-order valence-electron chi connectivity index (χ0n) is 8.74. The first kappa shape index (κ1) is 12.2. The summed E-state index contributed by atoms with van der Waals surface area (Å²) in [6, 6.07) is 3.54. The van der Waals surface area contributed by atoms with Crippen LogP contribution < -0.4 is 0 Å². The number of carbonyl (C=O) groups is 1. The van der Waals surface area contributed by atoms with Crippen molar-refractivity contribution in [2.75, 3.05) is 7.11 Å². The van der Waals surface area contributed by atoms with Crippen molar-refractivity contribution >= 4 is 33.2 Å². The van der Waals surface area contributed by atoms with Gasteiger partial charge in [-0.1, -0.05) is 6.07 Å². The van der Waals surface area contributed by atoms with Crippen LogP contribution in [0.25, 0.3) is 10.4 Å². The lowest BCUT2D eigenvalue weighted by Gasteiger charge is -1.95. The third kappa shape index (κ3) is 2.23. The Morgan fingerprint density at radius 2 is 2.35 bits per heavy atom. The number of aromatic nitrogens is 1. The number of methoxy groups -OCH3 is 1. The monoisotopic (exact) mass is 315 g/mol. The fourth-order valence-corrected chi connectivity index (χ4v) is 3.08. The molecule has 0 saturated heterocycles. The molecule has 0 amide bonds. The third-order valence-electron chi connectivity index (χ3n) is 2.09. The van der Waals surface area contributed by atoms with Gasteiger partial charge in [0.2, 0.25) is 0 Å². The molecule has 88 valence electrons.